The summed E-state index contributed by atoms with van der Waals surface area (Å²) >= 11 is 3.10. The summed E-state index contributed by atoms with van der Waals surface area (Å²) in [5, 5.41) is 18.2. The van der Waals surface area contributed by atoms with Gasteiger partial charge in [-0.3, -0.25) is 0 Å². The maximum absolute atomic E-state index is 12.7. The van der Waals surface area contributed by atoms with E-state index in [-0.39, 0.29) is 6.42 Å². The van der Waals surface area contributed by atoms with E-state index in [1.165, 1.54) is 25.1 Å². The van der Waals surface area contributed by atoms with Gasteiger partial charge in [0.1, 0.15) is 5.82 Å². The zero-order valence-electron chi connectivity index (χ0n) is 8.00. The molecule has 82 valence electrons. The zero-order valence-corrected chi connectivity index (χ0v) is 9.58. The number of aliphatic carboxylic acids is 1. The van der Waals surface area contributed by atoms with Gasteiger partial charge in [0.15, 0.2) is 5.60 Å². The van der Waals surface area contributed by atoms with Crippen LogP contribution in [0.2, 0.25) is 0 Å². The number of hydrogen-bond acceptors (Lipinski definition) is 2. The molecule has 0 heterocycles. The van der Waals surface area contributed by atoms with Crippen LogP contribution in [0.15, 0.2) is 22.7 Å². The smallest absolute Gasteiger partial charge is 0.335 e. The SMILES string of the molecule is CC(O)(Cc1ccc(F)cc1Br)C(=O)O. The largest absolute Gasteiger partial charge is 0.479 e. The van der Waals surface area contributed by atoms with Crippen LogP contribution >= 0.6 is 15.9 Å². The van der Waals surface area contributed by atoms with Gasteiger partial charge in [0.05, 0.1) is 0 Å². The molecule has 0 aliphatic heterocycles. The van der Waals surface area contributed by atoms with Crippen molar-refractivity contribution in [1.29, 1.82) is 0 Å². The number of rotatable bonds is 3. The van der Waals surface area contributed by atoms with Crippen LogP contribution in [-0.2, 0) is 11.2 Å². The molecule has 1 aromatic carbocycles. The standard InChI is InChI=1S/C10H10BrFO3/c1-10(15,9(13)14)5-6-2-3-7(12)4-8(6)11/h2-4,15H,5H2,1H3,(H,13,14). The molecule has 0 spiro atoms. The molecule has 5 heteroatoms. The molecule has 0 radical (unpaired) electrons. The third kappa shape index (κ3) is 3.00. The molecule has 0 aliphatic rings. The van der Waals surface area contributed by atoms with Crippen molar-refractivity contribution in [1.82, 2.24) is 0 Å². The van der Waals surface area contributed by atoms with E-state index in [4.69, 9.17) is 5.11 Å². The topological polar surface area (TPSA) is 57.5 Å². The third-order valence-corrected chi connectivity index (χ3v) is 2.75. The van der Waals surface area contributed by atoms with Crippen LogP contribution in [0.5, 0.6) is 0 Å². The maximum atomic E-state index is 12.7. The molecule has 1 rings (SSSR count). The quantitative estimate of drug-likeness (QED) is 0.888. The van der Waals surface area contributed by atoms with E-state index in [2.05, 4.69) is 15.9 Å². The van der Waals surface area contributed by atoms with Crippen LogP contribution in [0.25, 0.3) is 0 Å². The van der Waals surface area contributed by atoms with Gasteiger partial charge in [-0.15, -0.1) is 0 Å². The molecule has 1 atom stereocenters. The minimum Gasteiger partial charge on any atom is -0.479 e. The normalized spacial score (nSPS) is 14.7. The zero-order chi connectivity index (χ0) is 11.6. The molecule has 15 heavy (non-hydrogen) atoms. The maximum Gasteiger partial charge on any atom is 0.335 e. The number of carboxylic acids is 1. The lowest BCUT2D eigenvalue weighted by Crippen LogP contribution is -2.37. The summed E-state index contributed by atoms with van der Waals surface area (Å²) in [6.45, 7) is 1.20. The van der Waals surface area contributed by atoms with E-state index in [0.29, 0.717) is 10.0 Å². The molecule has 2 N–H and O–H groups in total. The van der Waals surface area contributed by atoms with Gasteiger partial charge >= 0.3 is 5.97 Å². The van der Waals surface area contributed by atoms with E-state index in [0.717, 1.165) is 0 Å². The lowest BCUT2D eigenvalue weighted by molar-refractivity contribution is -0.156. The van der Waals surface area contributed by atoms with Gasteiger partial charge in [0.25, 0.3) is 0 Å². The van der Waals surface area contributed by atoms with Crippen LogP contribution in [0.4, 0.5) is 4.39 Å². The van der Waals surface area contributed by atoms with Crippen molar-refractivity contribution in [3.05, 3.63) is 34.1 Å². The first-order chi connectivity index (χ1) is 6.83. The van der Waals surface area contributed by atoms with Gasteiger partial charge in [-0.05, 0) is 24.6 Å². The molecule has 1 unspecified atom stereocenters. The summed E-state index contributed by atoms with van der Waals surface area (Å²) in [5.41, 5.74) is -1.30. The van der Waals surface area contributed by atoms with Crippen molar-refractivity contribution < 1.29 is 19.4 Å². The van der Waals surface area contributed by atoms with E-state index in [9.17, 15) is 14.3 Å². The molecular weight excluding hydrogens is 267 g/mol. The number of carboxylic acid groups (broad SMARTS) is 1. The van der Waals surface area contributed by atoms with Gasteiger partial charge in [0.2, 0.25) is 0 Å². The predicted octanol–water partition coefficient (Wildman–Crippen LogP) is 1.97. The minimum atomic E-state index is -1.85. The highest BCUT2D eigenvalue weighted by atomic mass is 79.9. The van der Waals surface area contributed by atoms with Crippen LogP contribution in [0, 0.1) is 5.82 Å². The molecule has 0 fully saturated rings. The molecule has 1 aromatic rings. The van der Waals surface area contributed by atoms with Gasteiger partial charge in [-0.25, -0.2) is 9.18 Å². The second-order valence-electron chi connectivity index (χ2n) is 3.49. The predicted molar refractivity (Wildman–Crippen MR) is 56.1 cm³/mol. The summed E-state index contributed by atoms with van der Waals surface area (Å²) in [5.74, 6) is -1.72. The van der Waals surface area contributed by atoms with Crippen molar-refractivity contribution in [2.75, 3.05) is 0 Å². The Hall–Kier alpha value is -0.940. The summed E-state index contributed by atoms with van der Waals surface area (Å²) in [4.78, 5) is 10.7. The average molecular weight is 277 g/mol. The Morgan fingerprint density at radius 2 is 2.20 bits per heavy atom. The van der Waals surface area contributed by atoms with E-state index < -0.39 is 17.4 Å². The fourth-order valence-corrected chi connectivity index (χ4v) is 1.60. The fraction of sp³-hybridized carbons (Fsp3) is 0.300. The van der Waals surface area contributed by atoms with Crippen molar-refractivity contribution in [2.24, 2.45) is 0 Å². The Morgan fingerprint density at radius 1 is 1.60 bits per heavy atom. The van der Waals surface area contributed by atoms with Crippen LogP contribution in [-0.4, -0.2) is 21.8 Å². The highest BCUT2D eigenvalue weighted by molar-refractivity contribution is 9.10. The molecule has 0 bridgehead atoms. The lowest BCUT2D eigenvalue weighted by atomic mass is 9.97. The molecule has 0 amide bonds. The van der Waals surface area contributed by atoms with Gasteiger partial charge in [-0.2, -0.15) is 0 Å². The van der Waals surface area contributed by atoms with Crippen LogP contribution in [0.3, 0.4) is 0 Å². The molecule has 0 aliphatic carbocycles. The second kappa shape index (κ2) is 4.28. The molecule has 0 saturated heterocycles. The van der Waals surface area contributed by atoms with Gasteiger partial charge < -0.3 is 10.2 Å². The number of carbonyl (C=O) groups is 1. The number of hydrogen-bond donors (Lipinski definition) is 2. The minimum absolute atomic E-state index is 0.0802. The van der Waals surface area contributed by atoms with Crippen molar-refractivity contribution in [3.8, 4) is 0 Å². The fourth-order valence-electron chi connectivity index (χ4n) is 1.11. The number of aliphatic hydroxyl groups is 1. The van der Waals surface area contributed by atoms with E-state index in [1.54, 1.807) is 0 Å². The third-order valence-electron chi connectivity index (χ3n) is 2.01. The highest BCUT2D eigenvalue weighted by Crippen LogP contribution is 2.22. The van der Waals surface area contributed by atoms with Gasteiger partial charge in [-0.1, -0.05) is 22.0 Å². The Labute approximate surface area is 94.7 Å². The van der Waals surface area contributed by atoms with E-state index >= 15 is 0 Å². The Balaban J connectivity index is 2.95. The van der Waals surface area contributed by atoms with Crippen molar-refractivity contribution >= 4 is 21.9 Å². The lowest BCUT2D eigenvalue weighted by Gasteiger charge is -2.18. The van der Waals surface area contributed by atoms with Gasteiger partial charge in [0, 0.05) is 10.9 Å². The van der Waals surface area contributed by atoms with Crippen molar-refractivity contribution in [3.63, 3.8) is 0 Å². The van der Waals surface area contributed by atoms with Crippen molar-refractivity contribution in [2.45, 2.75) is 18.9 Å². The summed E-state index contributed by atoms with van der Waals surface area (Å²) in [6.07, 6.45) is -0.0802. The first-order valence-electron chi connectivity index (χ1n) is 4.22. The second-order valence-corrected chi connectivity index (χ2v) is 4.35. The number of benzene rings is 1. The summed E-state index contributed by atoms with van der Waals surface area (Å²) < 4.78 is 13.2. The Bertz CT molecular complexity index is 390. The average Bonchev–Trinajstić information content (AvgIpc) is 2.09. The molecular formula is C10H10BrFO3. The molecule has 0 aromatic heterocycles. The first-order valence-corrected chi connectivity index (χ1v) is 5.02. The Kier molecular flexibility index (Phi) is 3.46. The summed E-state index contributed by atoms with van der Waals surface area (Å²) in [6, 6.07) is 3.89. The summed E-state index contributed by atoms with van der Waals surface area (Å²) in [7, 11) is 0. The molecule has 0 saturated carbocycles. The van der Waals surface area contributed by atoms with E-state index in [1.807, 2.05) is 0 Å². The monoisotopic (exact) mass is 276 g/mol. The Morgan fingerprint density at radius 3 is 2.67 bits per heavy atom. The highest BCUT2D eigenvalue weighted by Gasteiger charge is 2.30. The molecule has 3 nitrogen and oxygen atoms in total. The van der Waals surface area contributed by atoms with Crippen LogP contribution < -0.4 is 0 Å². The van der Waals surface area contributed by atoms with Crippen LogP contribution in [0.1, 0.15) is 12.5 Å². The first kappa shape index (κ1) is 12.1. The number of halogens is 2.